The molecule has 0 unspecified atom stereocenters. The van der Waals surface area contributed by atoms with Crippen LogP contribution in [0.25, 0.3) is 0 Å². The second kappa shape index (κ2) is 10.8. The van der Waals surface area contributed by atoms with Crippen LogP contribution in [0.2, 0.25) is 0 Å². The molecule has 3 aromatic rings. The number of aryl methyl sites for hydroxylation is 1. The van der Waals surface area contributed by atoms with Gasteiger partial charge in [-0.05, 0) is 70.9 Å². The van der Waals surface area contributed by atoms with Crippen LogP contribution in [0.15, 0.2) is 46.5 Å². The molecule has 0 radical (unpaired) electrons. The number of benzene rings is 1. The van der Waals surface area contributed by atoms with E-state index in [2.05, 4.69) is 30.7 Å². The predicted molar refractivity (Wildman–Crippen MR) is 131 cm³/mol. The zero-order valence-electron chi connectivity index (χ0n) is 19.9. The quantitative estimate of drug-likeness (QED) is 0.380. The maximum atomic E-state index is 11.3. The van der Waals surface area contributed by atoms with E-state index in [0.717, 1.165) is 28.5 Å². The van der Waals surface area contributed by atoms with Crippen molar-refractivity contribution in [1.29, 1.82) is 0 Å². The summed E-state index contributed by atoms with van der Waals surface area (Å²) in [4.78, 5) is 23.8. The molecule has 0 atom stereocenters. The van der Waals surface area contributed by atoms with Crippen molar-refractivity contribution in [3.05, 3.63) is 47.8 Å². The Morgan fingerprint density at radius 2 is 1.88 bits per heavy atom. The summed E-state index contributed by atoms with van der Waals surface area (Å²) in [5.74, 6) is 1.21. The fourth-order valence-electron chi connectivity index (χ4n) is 2.93. The third-order valence-electron chi connectivity index (χ3n) is 4.67. The highest BCUT2D eigenvalue weighted by atomic mass is 32.2. The van der Waals surface area contributed by atoms with E-state index in [1.807, 2.05) is 71.3 Å². The van der Waals surface area contributed by atoms with E-state index in [4.69, 9.17) is 9.72 Å². The van der Waals surface area contributed by atoms with Crippen molar-refractivity contribution in [2.75, 3.05) is 37.9 Å². The van der Waals surface area contributed by atoms with Gasteiger partial charge in [-0.15, -0.1) is 0 Å². The molecule has 10 heteroatoms. The minimum absolute atomic E-state index is 0.104. The number of carbonyl (C=O) groups excluding carboxylic acids is 1. The lowest BCUT2D eigenvalue weighted by molar-refractivity contribution is -0.114. The number of nitrogens with zero attached hydrogens (tertiary/aromatic N) is 4. The van der Waals surface area contributed by atoms with Crippen molar-refractivity contribution in [2.45, 2.75) is 43.3 Å². The molecule has 0 saturated carbocycles. The lowest BCUT2D eigenvalue weighted by Crippen LogP contribution is -2.28. The van der Waals surface area contributed by atoms with Crippen LogP contribution in [-0.4, -0.2) is 58.2 Å². The summed E-state index contributed by atoms with van der Waals surface area (Å²) in [5, 5.41) is 13.8. The topological polar surface area (TPSA) is 108 Å². The van der Waals surface area contributed by atoms with Crippen molar-refractivity contribution in [1.82, 2.24) is 25.1 Å². The Bertz CT molecular complexity index is 1080. The number of H-pyrrole nitrogens is 1. The molecule has 2 aromatic heterocycles. The molecule has 0 fully saturated rings. The number of likely N-dealkylation sites (N-methyl/N-ethyl adjacent to an activating group) is 1. The van der Waals surface area contributed by atoms with Crippen LogP contribution in [0.4, 0.5) is 17.3 Å². The number of ether oxygens (including phenoxy) is 1. The summed E-state index contributed by atoms with van der Waals surface area (Å²) in [6.07, 6.45) is 0. The van der Waals surface area contributed by atoms with Crippen LogP contribution < -0.4 is 10.6 Å². The molecule has 0 saturated heterocycles. The number of aromatic amines is 1. The van der Waals surface area contributed by atoms with Crippen molar-refractivity contribution in [3.8, 4) is 0 Å². The Labute approximate surface area is 198 Å². The van der Waals surface area contributed by atoms with Gasteiger partial charge >= 0.3 is 0 Å². The van der Waals surface area contributed by atoms with E-state index in [0.29, 0.717) is 23.4 Å². The molecule has 3 rings (SSSR count). The summed E-state index contributed by atoms with van der Waals surface area (Å²) >= 11 is 1.44. The largest absolute Gasteiger partial charge is 0.368 e. The summed E-state index contributed by atoms with van der Waals surface area (Å²) in [6.45, 7) is 8.83. The second-order valence-corrected chi connectivity index (χ2v) is 9.49. The highest BCUT2D eigenvalue weighted by Crippen LogP contribution is 2.31. The van der Waals surface area contributed by atoms with Gasteiger partial charge in [-0.3, -0.25) is 9.89 Å². The number of anilines is 3. The van der Waals surface area contributed by atoms with Gasteiger partial charge in [-0.1, -0.05) is 0 Å². The molecule has 9 nitrogen and oxygen atoms in total. The zero-order chi connectivity index (χ0) is 24.0. The zero-order valence-corrected chi connectivity index (χ0v) is 20.7. The van der Waals surface area contributed by atoms with Gasteiger partial charge in [0, 0.05) is 41.9 Å². The van der Waals surface area contributed by atoms with Crippen LogP contribution in [0.1, 0.15) is 32.2 Å². The van der Waals surface area contributed by atoms with Crippen molar-refractivity contribution in [3.63, 3.8) is 0 Å². The molecule has 0 aliphatic heterocycles. The summed E-state index contributed by atoms with van der Waals surface area (Å²) in [5.41, 5.74) is 1.85. The number of rotatable bonds is 10. The van der Waals surface area contributed by atoms with Gasteiger partial charge in [0.05, 0.1) is 12.3 Å². The van der Waals surface area contributed by atoms with Crippen molar-refractivity contribution >= 4 is 35.0 Å². The van der Waals surface area contributed by atoms with Crippen molar-refractivity contribution in [2.24, 2.45) is 0 Å². The van der Waals surface area contributed by atoms with Gasteiger partial charge in [0.15, 0.2) is 11.0 Å². The number of hydrogen-bond donors (Lipinski definition) is 3. The monoisotopic (exact) mass is 469 g/mol. The number of nitrogens with one attached hydrogen (secondary N) is 3. The molecule has 1 aromatic carbocycles. The number of amides is 1. The molecule has 0 bridgehead atoms. The van der Waals surface area contributed by atoms with E-state index in [9.17, 15) is 4.79 Å². The summed E-state index contributed by atoms with van der Waals surface area (Å²) in [6, 6.07) is 11.4. The molecule has 1 amide bonds. The van der Waals surface area contributed by atoms with E-state index >= 15 is 0 Å². The SMILES string of the molecule is CC(=O)Nc1ccc(Sc2nc(Nc3cc(C)[nH]n3)cc(C(C)(C)OCCN(C)C)n2)cc1. The molecule has 0 aliphatic rings. The highest BCUT2D eigenvalue weighted by molar-refractivity contribution is 7.99. The fourth-order valence-corrected chi connectivity index (χ4v) is 3.70. The predicted octanol–water partition coefficient (Wildman–Crippen LogP) is 4.17. The maximum Gasteiger partial charge on any atom is 0.221 e. The Kier molecular flexibility index (Phi) is 8.06. The van der Waals surface area contributed by atoms with Crippen LogP contribution in [0, 0.1) is 6.92 Å². The normalized spacial score (nSPS) is 11.6. The molecule has 33 heavy (non-hydrogen) atoms. The molecule has 176 valence electrons. The fraction of sp³-hybridized carbons (Fsp3) is 0.391. The Morgan fingerprint density at radius 1 is 1.15 bits per heavy atom. The standard InChI is InChI=1S/C23H31N7O2S/c1-15-13-21(29-28-15)26-20-14-19(23(3,4)32-12-11-30(5)6)25-22(27-20)33-18-9-7-17(8-10-18)24-16(2)31/h7-10,13-14H,11-12H2,1-6H3,(H,24,31)(H2,25,26,27,28,29). The van der Waals surface area contributed by atoms with Gasteiger partial charge in [0.25, 0.3) is 0 Å². The number of aromatic nitrogens is 4. The van der Waals surface area contributed by atoms with E-state index in [1.165, 1.54) is 18.7 Å². The lowest BCUT2D eigenvalue weighted by atomic mass is 10.0. The Morgan fingerprint density at radius 3 is 2.48 bits per heavy atom. The number of carbonyl (C=O) groups is 1. The van der Waals surface area contributed by atoms with E-state index in [-0.39, 0.29) is 5.91 Å². The number of hydrogen-bond acceptors (Lipinski definition) is 8. The van der Waals surface area contributed by atoms with Crippen LogP contribution >= 0.6 is 11.8 Å². The van der Waals surface area contributed by atoms with Gasteiger partial charge in [0.1, 0.15) is 11.4 Å². The lowest BCUT2D eigenvalue weighted by Gasteiger charge is -2.26. The van der Waals surface area contributed by atoms with E-state index < -0.39 is 5.60 Å². The van der Waals surface area contributed by atoms with Crippen molar-refractivity contribution < 1.29 is 9.53 Å². The molecule has 2 heterocycles. The second-order valence-electron chi connectivity index (χ2n) is 8.45. The third kappa shape index (κ3) is 7.55. The first kappa shape index (κ1) is 24.7. The molecule has 0 aliphatic carbocycles. The van der Waals surface area contributed by atoms with Gasteiger partial charge in [0.2, 0.25) is 5.91 Å². The summed E-state index contributed by atoms with van der Waals surface area (Å²) in [7, 11) is 4.03. The third-order valence-corrected chi connectivity index (χ3v) is 5.54. The molecule has 3 N–H and O–H groups in total. The first-order chi connectivity index (χ1) is 15.6. The maximum absolute atomic E-state index is 11.3. The van der Waals surface area contributed by atoms with Gasteiger partial charge in [-0.25, -0.2) is 9.97 Å². The smallest absolute Gasteiger partial charge is 0.221 e. The van der Waals surface area contributed by atoms with Crippen LogP contribution in [0.3, 0.4) is 0 Å². The average Bonchev–Trinajstić information content (AvgIpc) is 3.13. The van der Waals surface area contributed by atoms with Gasteiger partial charge in [-0.2, -0.15) is 5.10 Å². The summed E-state index contributed by atoms with van der Waals surface area (Å²) < 4.78 is 6.16. The first-order valence-corrected chi connectivity index (χ1v) is 11.5. The molecular weight excluding hydrogens is 438 g/mol. The minimum atomic E-state index is -0.610. The molecular formula is C23H31N7O2S. The van der Waals surface area contributed by atoms with E-state index in [1.54, 1.807) is 0 Å². The Hall–Kier alpha value is -2.95. The molecule has 0 spiro atoms. The first-order valence-electron chi connectivity index (χ1n) is 10.6. The van der Waals surface area contributed by atoms with Gasteiger partial charge < -0.3 is 20.3 Å². The average molecular weight is 470 g/mol. The minimum Gasteiger partial charge on any atom is -0.368 e. The van der Waals surface area contributed by atoms with Crippen LogP contribution in [-0.2, 0) is 15.1 Å². The van der Waals surface area contributed by atoms with Crippen LogP contribution in [0.5, 0.6) is 0 Å². The Balaban J connectivity index is 1.86. The highest BCUT2D eigenvalue weighted by Gasteiger charge is 2.25.